The van der Waals surface area contributed by atoms with Crippen LogP contribution in [0.1, 0.15) is 59.5 Å². The zero-order valence-corrected chi connectivity index (χ0v) is 30.1. The molecule has 276 valence electrons. The van der Waals surface area contributed by atoms with Gasteiger partial charge in [-0.1, -0.05) is 111 Å². The van der Waals surface area contributed by atoms with Crippen molar-refractivity contribution in [1.82, 2.24) is 9.55 Å². The van der Waals surface area contributed by atoms with Crippen molar-refractivity contribution in [3.8, 4) is 11.5 Å². The summed E-state index contributed by atoms with van der Waals surface area (Å²) >= 11 is 0. The molecule has 1 fully saturated rings. The Bertz CT molecular complexity index is 1950. The SMILES string of the molecule is CCCCCO[C@@H]1[C@H](O)[C@@H](COC(c2ccccc2)(c2ccccc2)c2cccc(OC)c2OC)O[C@H]1n1ccc(NC(=O)c2ccccc2)nc1=O. The number of hydrogen-bond donors (Lipinski definition) is 2. The number of hydrogen-bond acceptors (Lipinski definition) is 9. The molecule has 1 saturated heterocycles. The number of benzene rings is 4. The summed E-state index contributed by atoms with van der Waals surface area (Å²) in [4.78, 5) is 30.4. The van der Waals surface area contributed by atoms with Gasteiger partial charge in [-0.25, -0.2) is 4.79 Å². The first-order valence-electron chi connectivity index (χ1n) is 17.8. The number of carbonyl (C=O) groups excluding carboxylic acids is 1. The van der Waals surface area contributed by atoms with Crippen LogP contribution in [0.25, 0.3) is 0 Å². The first-order chi connectivity index (χ1) is 25.9. The summed E-state index contributed by atoms with van der Waals surface area (Å²) in [6.45, 7) is 2.34. The van der Waals surface area contributed by atoms with E-state index < -0.39 is 41.7 Å². The lowest BCUT2D eigenvalue weighted by molar-refractivity contribution is -0.0985. The Balaban J connectivity index is 1.35. The molecular formula is C42H45N3O8. The van der Waals surface area contributed by atoms with Gasteiger partial charge in [0, 0.05) is 23.9 Å². The third-order valence-electron chi connectivity index (χ3n) is 9.36. The number of aromatic nitrogens is 2. The number of aliphatic hydroxyl groups is 1. The van der Waals surface area contributed by atoms with Gasteiger partial charge in [0.25, 0.3) is 5.91 Å². The standard InChI is InChI=1S/C42H45N3O8/c1-4-5-15-27-51-38-36(46)34(53-40(38)45-26-25-35(44-41(45)48)43-39(47)29-17-9-6-10-18-29)28-52-42(30-19-11-7-12-20-30,31-21-13-8-14-22-31)32-23-16-24-33(49-2)37(32)50-3/h6-14,16-26,34,36,38,40,46H,4-5,15,27-28H2,1-3H3,(H,43,44,47,48)/t34-,36-,38-,40-/m1/s1. The average Bonchev–Trinajstić information content (AvgIpc) is 3.51. The Morgan fingerprint density at radius 1 is 0.868 bits per heavy atom. The fourth-order valence-electron chi connectivity index (χ4n) is 6.72. The highest BCUT2D eigenvalue weighted by atomic mass is 16.6. The van der Waals surface area contributed by atoms with Gasteiger partial charge >= 0.3 is 5.69 Å². The molecule has 2 N–H and O–H groups in total. The summed E-state index contributed by atoms with van der Waals surface area (Å²) < 4.78 is 32.8. The van der Waals surface area contributed by atoms with Gasteiger partial charge in [-0.15, -0.1) is 0 Å². The number of aliphatic hydroxyl groups excluding tert-OH is 1. The summed E-state index contributed by atoms with van der Waals surface area (Å²) in [6.07, 6.45) is 0.127. The van der Waals surface area contributed by atoms with Crippen molar-refractivity contribution in [1.29, 1.82) is 0 Å². The molecule has 1 aliphatic rings. The molecule has 1 amide bonds. The maximum Gasteiger partial charge on any atom is 0.351 e. The molecule has 2 heterocycles. The van der Waals surface area contributed by atoms with E-state index in [4.69, 9.17) is 23.7 Å². The number of nitrogens with one attached hydrogen (secondary N) is 1. The van der Waals surface area contributed by atoms with E-state index in [1.165, 1.54) is 16.8 Å². The second kappa shape index (κ2) is 17.5. The summed E-state index contributed by atoms with van der Waals surface area (Å²) in [5.74, 6) is 0.701. The average molecular weight is 720 g/mol. The zero-order valence-electron chi connectivity index (χ0n) is 30.1. The van der Waals surface area contributed by atoms with Crippen LogP contribution in [-0.4, -0.2) is 66.3 Å². The fourth-order valence-corrected chi connectivity index (χ4v) is 6.72. The van der Waals surface area contributed by atoms with E-state index in [2.05, 4.69) is 17.2 Å². The van der Waals surface area contributed by atoms with Gasteiger partial charge in [0.05, 0.1) is 20.8 Å². The highest BCUT2D eigenvalue weighted by molar-refractivity contribution is 6.03. The lowest BCUT2D eigenvalue weighted by Crippen LogP contribution is -2.41. The van der Waals surface area contributed by atoms with E-state index in [9.17, 15) is 14.7 Å². The van der Waals surface area contributed by atoms with Crippen molar-refractivity contribution in [2.75, 3.05) is 32.8 Å². The maximum atomic E-state index is 13.5. The van der Waals surface area contributed by atoms with Crippen molar-refractivity contribution >= 4 is 11.7 Å². The smallest absolute Gasteiger partial charge is 0.351 e. The lowest BCUT2D eigenvalue weighted by atomic mass is 9.79. The number of unbranched alkanes of at least 4 members (excludes halogenated alkanes) is 2. The van der Waals surface area contributed by atoms with Crippen LogP contribution >= 0.6 is 0 Å². The maximum absolute atomic E-state index is 13.5. The van der Waals surface area contributed by atoms with E-state index in [-0.39, 0.29) is 12.4 Å². The van der Waals surface area contributed by atoms with Crippen molar-refractivity contribution in [3.63, 3.8) is 0 Å². The van der Waals surface area contributed by atoms with E-state index >= 15 is 0 Å². The Hall–Kier alpha value is -5.33. The Kier molecular flexibility index (Phi) is 12.3. The minimum atomic E-state index is -1.25. The first kappa shape index (κ1) is 37.4. The van der Waals surface area contributed by atoms with Gasteiger partial charge in [0.2, 0.25) is 0 Å². The monoisotopic (exact) mass is 719 g/mol. The molecule has 4 aromatic carbocycles. The predicted octanol–water partition coefficient (Wildman–Crippen LogP) is 6.36. The Morgan fingerprint density at radius 2 is 1.53 bits per heavy atom. The van der Waals surface area contributed by atoms with Crippen LogP contribution < -0.4 is 20.5 Å². The third kappa shape index (κ3) is 8.03. The van der Waals surface area contributed by atoms with Crippen LogP contribution in [0, 0.1) is 0 Å². The van der Waals surface area contributed by atoms with Crippen LogP contribution in [0.5, 0.6) is 11.5 Å². The van der Waals surface area contributed by atoms with Crippen LogP contribution in [0.4, 0.5) is 5.82 Å². The van der Waals surface area contributed by atoms with Crippen molar-refractivity contribution < 1.29 is 33.6 Å². The van der Waals surface area contributed by atoms with Crippen LogP contribution in [0.2, 0.25) is 0 Å². The number of amides is 1. The van der Waals surface area contributed by atoms with Crippen molar-refractivity contribution in [2.45, 2.75) is 56.3 Å². The molecule has 4 atom stereocenters. The van der Waals surface area contributed by atoms with Crippen LogP contribution in [0.15, 0.2) is 126 Å². The number of rotatable bonds is 16. The number of ether oxygens (including phenoxy) is 5. The van der Waals surface area contributed by atoms with Crippen LogP contribution in [-0.2, 0) is 19.8 Å². The molecule has 0 bridgehead atoms. The summed E-state index contributed by atoms with van der Waals surface area (Å²) in [6, 6.07) is 35.3. The van der Waals surface area contributed by atoms with Gasteiger partial charge in [-0.05, 0) is 41.8 Å². The normalized spacial score (nSPS) is 18.4. The van der Waals surface area contributed by atoms with Gasteiger partial charge < -0.3 is 34.1 Å². The summed E-state index contributed by atoms with van der Waals surface area (Å²) in [5, 5.41) is 14.5. The highest BCUT2D eigenvalue weighted by Crippen LogP contribution is 2.48. The number of para-hydroxylation sites is 1. The molecule has 6 rings (SSSR count). The molecule has 11 nitrogen and oxygen atoms in total. The molecule has 0 spiro atoms. The second-order valence-corrected chi connectivity index (χ2v) is 12.7. The number of methoxy groups -OCH3 is 2. The van der Waals surface area contributed by atoms with E-state index in [0.717, 1.165) is 30.4 Å². The molecule has 0 saturated carbocycles. The topological polar surface area (TPSA) is 130 Å². The van der Waals surface area contributed by atoms with Gasteiger partial charge in [-0.3, -0.25) is 9.36 Å². The lowest BCUT2D eigenvalue weighted by Gasteiger charge is -2.38. The molecule has 53 heavy (non-hydrogen) atoms. The molecule has 1 aliphatic heterocycles. The van der Waals surface area contributed by atoms with Crippen LogP contribution in [0.3, 0.4) is 0 Å². The molecule has 0 radical (unpaired) electrons. The molecule has 0 unspecified atom stereocenters. The summed E-state index contributed by atoms with van der Waals surface area (Å²) in [5.41, 5.74) is 0.795. The largest absolute Gasteiger partial charge is 0.493 e. The zero-order chi connectivity index (χ0) is 37.2. The molecule has 11 heteroatoms. The van der Waals surface area contributed by atoms with Gasteiger partial charge in [-0.2, -0.15) is 4.98 Å². The highest BCUT2D eigenvalue weighted by Gasteiger charge is 2.48. The summed E-state index contributed by atoms with van der Waals surface area (Å²) in [7, 11) is 3.17. The third-order valence-corrected chi connectivity index (χ3v) is 9.36. The number of carbonyl (C=O) groups is 1. The Labute approximate surface area is 309 Å². The van der Waals surface area contributed by atoms with Gasteiger partial charge in [0.1, 0.15) is 29.7 Å². The number of nitrogens with zero attached hydrogens (tertiary/aromatic N) is 2. The predicted molar refractivity (Wildman–Crippen MR) is 200 cm³/mol. The van der Waals surface area contributed by atoms with E-state index in [1.54, 1.807) is 38.5 Å². The van der Waals surface area contributed by atoms with Gasteiger partial charge in [0.15, 0.2) is 17.7 Å². The minimum Gasteiger partial charge on any atom is -0.493 e. The Morgan fingerprint density at radius 3 is 2.13 bits per heavy atom. The van der Waals surface area contributed by atoms with Crippen molar-refractivity contribution in [2.24, 2.45) is 0 Å². The molecule has 0 aliphatic carbocycles. The molecule has 1 aromatic heterocycles. The first-order valence-corrected chi connectivity index (χ1v) is 17.8. The fraction of sp³-hybridized carbons (Fsp3) is 0.310. The quantitative estimate of drug-likeness (QED) is 0.0885. The van der Waals surface area contributed by atoms with E-state index in [0.29, 0.717) is 29.2 Å². The molecular weight excluding hydrogens is 674 g/mol. The molecule has 5 aromatic rings. The van der Waals surface area contributed by atoms with Crippen molar-refractivity contribution in [3.05, 3.63) is 154 Å². The second-order valence-electron chi connectivity index (χ2n) is 12.7. The van der Waals surface area contributed by atoms with E-state index in [1.807, 2.05) is 84.9 Å². The number of anilines is 1. The minimum absolute atomic E-state index is 0.0849.